The van der Waals surface area contributed by atoms with Gasteiger partial charge >= 0.3 is 5.69 Å². The second-order valence-electron chi connectivity index (χ2n) is 6.43. The second kappa shape index (κ2) is 6.58. The quantitative estimate of drug-likeness (QED) is 0.542. The zero-order valence-corrected chi connectivity index (χ0v) is 16.5. The minimum Gasteiger partial charge on any atom is -0.506 e. The van der Waals surface area contributed by atoms with Crippen LogP contribution in [0.4, 0.5) is 0 Å². The molecule has 0 atom stereocenters. The molecular weight excluding hydrogens is 401 g/mol. The lowest BCUT2D eigenvalue weighted by Gasteiger charge is -2.13. The minimum absolute atomic E-state index is 0.0240. The van der Waals surface area contributed by atoms with Gasteiger partial charge in [0.2, 0.25) is 0 Å². The Hall–Kier alpha value is -2.96. The number of phenols is 1. The van der Waals surface area contributed by atoms with Crippen LogP contribution in [0, 0.1) is 0 Å². The lowest BCUT2D eigenvalue weighted by atomic mass is 10.1. The Morgan fingerprint density at radius 3 is 2.36 bits per heavy atom. The molecule has 2 aromatic carbocycles. The van der Waals surface area contributed by atoms with Crippen LogP contribution in [0.5, 0.6) is 5.75 Å². The molecule has 2 aromatic heterocycles. The van der Waals surface area contributed by atoms with Gasteiger partial charge in [-0.15, -0.1) is 0 Å². The number of para-hydroxylation sites is 2. The van der Waals surface area contributed by atoms with E-state index in [-0.39, 0.29) is 5.75 Å². The highest BCUT2D eigenvalue weighted by atomic mass is 35.5. The third-order valence-electron chi connectivity index (χ3n) is 4.77. The number of hydrogen-bond donors (Lipinski definition) is 1. The largest absolute Gasteiger partial charge is 0.506 e. The molecule has 142 valence electrons. The van der Waals surface area contributed by atoms with Crippen molar-refractivity contribution in [3.05, 3.63) is 79.5 Å². The van der Waals surface area contributed by atoms with Gasteiger partial charge in [-0.1, -0.05) is 35.3 Å². The molecule has 0 radical (unpaired) electrons. The molecule has 4 rings (SSSR count). The molecule has 0 amide bonds. The number of halogens is 2. The molecule has 0 aliphatic rings. The summed E-state index contributed by atoms with van der Waals surface area (Å²) < 4.78 is 4.10. The average Bonchev–Trinajstić information content (AvgIpc) is 3.05. The first-order valence-corrected chi connectivity index (χ1v) is 9.11. The number of fused-ring (bicyclic) bond motifs is 1. The molecule has 0 saturated heterocycles. The first-order valence-electron chi connectivity index (χ1n) is 8.36. The lowest BCUT2D eigenvalue weighted by Crippen LogP contribution is -2.36. The predicted molar refractivity (Wildman–Crippen MR) is 111 cm³/mol. The summed E-state index contributed by atoms with van der Waals surface area (Å²) in [6.07, 6.45) is 1.65. The summed E-state index contributed by atoms with van der Waals surface area (Å²) in [6, 6.07) is 11.7. The molecule has 0 spiro atoms. The second-order valence-corrected chi connectivity index (χ2v) is 7.27. The molecule has 0 saturated carbocycles. The normalized spacial score (nSPS) is 11.3. The molecule has 28 heavy (non-hydrogen) atoms. The number of hydrogen-bond acceptors (Lipinski definition) is 3. The number of phenolic OH excluding ortho intramolecular Hbond substituents is 1. The molecule has 0 fully saturated rings. The molecule has 0 aliphatic heterocycles. The molecular formula is C20H15Cl2N3O3. The Labute approximate surface area is 169 Å². The van der Waals surface area contributed by atoms with Crippen molar-refractivity contribution in [3.8, 4) is 22.7 Å². The minimum atomic E-state index is -0.451. The van der Waals surface area contributed by atoms with Crippen molar-refractivity contribution in [3.63, 3.8) is 0 Å². The van der Waals surface area contributed by atoms with Gasteiger partial charge in [0.25, 0.3) is 5.56 Å². The molecule has 1 N–H and O–H groups in total. The fraction of sp³-hybridized carbons (Fsp3) is 0.100. The fourth-order valence-corrected chi connectivity index (χ4v) is 3.84. The zero-order valence-electron chi connectivity index (χ0n) is 15.0. The maximum absolute atomic E-state index is 13.0. The standard InChI is InChI=1S/C20H15Cl2N3O3/c1-23-15-10-25(14-5-3-4-6-16(14)26)18(12-8-7-11(21)9-13(12)22)17(15)19(27)24(2)20(23)28/h3-10,26H,1-2H3. The van der Waals surface area contributed by atoms with Crippen molar-refractivity contribution in [2.24, 2.45) is 14.1 Å². The number of aromatic hydroxyl groups is 1. The number of rotatable bonds is 2. The fourth-order valence-electron chi connectivity index (χ4n) is 3.34. The van der Waals surface area contributed by atoms with E-state index in [0.717, 1.165) is 4.57 Å². The maximum Gasteiger partial charge on any atom is 0.330 e. The summed E-state index contributed by atoms with van der Waals surface area (Å²) in [4.78, 5) is 25.4. The van der Waals surface area contributed by atoms with Gasteiger partial charge in [-0.2, -0.15) is 0 Å². The van der Waals surface area contributed by atoms with Crippen molar-refractivity contribution in [2.45, 2.75) is 0 Å². The Morgan fingerprint density at radius 1 is 0.964 bits per heavy atom. The highest BCUT2D eigenvalue weighted by Crippen LogP contribution is 2.37. The number of benzene rings is 2. The number of aromatic nitrogens is 3. The van der Waals surface area contributed by atoms with E-state index >= 15 is 0 Å². The van der Waals surface area contributed by atoms with E-state index < -0.39 is 11.2 Å². The molecule has 6 nitrogen and oxygen atoms in total. The van der Waals surface area contributed by atoms with Gasteiger partial charge in [0.05, 0.1) is 27.3 Å². The number of aryl methyl sites for hydroxylation is 1. The van der Waals surface area contributed by atoms with Crippen LogP contribution in [0.15, 0.2) is 58.3 Å². The molecule has 2 heterocycles. The van der Waals surface area contributed by atoms with Crippen molar-refractivity contribution in [2.75, 3.05) is 0 Å². The van der Waals surface area contributed by atoms with Gasteiger partial charge in [0.1, 0.15) is 5.75 Å². The Bertz CT molecular complexity index is 1370. The molecule has 0 bridgehead atoms. The molecule has 4 aromatic rings. The SMILES string of the molecule is Cn1c(=O)c2c(-c3ccc(Cl)cc3Cl)n(-c3ccccc3O)cc2n(C)c1=O. The van der Waals surface area contributed by atoms with Crippen molar-refractivity contribution >= 4 is 34.1 Å². The topological polar surface area (TPSA) is 69.2 Å². The van der Waals surface area contributed by atoms with Crippen LogP contribution >= 0.6 is 23.2 Å². The Morgan fingerprint density at radius 2 is 1.68 bits per heavy atom. The van der Waals surface area contributed by atoms with Crippen molar-refractivity contribution in [1.29, 1.82) is 0 Å². The van der Waals surface area contributed by atoms with Gasteiger partial charge < -0.3 is 9.67 Å². The maximum atomic E-state index is 13.0. The molecule has 0 unspecified atom stereocenters. The van der Waals surface area contributed by atoms with Gasteiger partial charge in [-0.05, 0) is 30.3 Å². The highest BCUT2D eigenvalue weighted by molar-refractivity contribution is 6.36. The summed E-state index contributed by atoms with van der Waals surface area (Å²) >= 11 is 12.5. The van der Waals surface area contributed by atoms with Crippen molar-refractivity contribution in [1.82, 2.24) is 13.7 Å². The van der Waals surface area contributed by atoms with E-state index in [1.807, 2.05) is 0 Å². The van der Waals surface area contributed by atoms with Gasteiger partial charge in [0.15, 0.2) is 0 Å². The average molecular weight is 416 g/mol. The predicted octanol–water partition coefficient (Wildman–Crippen LogP) is 3.71. The van der Waals surface area contributed by atoms with Crippen molar-refractivity contribution < 1.29 is 5.11 Å². The smallest absolute Gasteiger partial charge is 0.330 e. The van der Waals surface area contributed by atoms with Crippen LogP contribution in [0.3, 0.4) is 0 Å². The summed E-state index contributed by atoms with van der Waals surface area (Å²) in [5, 5.41) is 11.5. The van der Waals surface area contributed by atoms with Crippen LogP contribution in [-0.2, 0) is 14.1 Å². The van der Waals surface area contributed by atoms with Gasteiger partial charge in [-0.3, -0.25) is 13.9 Å². The summed E-state index contributed by atoms with van der Waals surface area (Å²) in [5.41, 5.74) is 1.01. The molecule has 0 aliphatic carbocycles. The highest BCUT2D eigenvalue weighted by Gasteiger charge is 2.22. The summed E-state index contributed by atoms with van der Waals surface area (Å²) in [7, 11) is 3.02. The third kappa shape index (κ3) is 2.65. The van der Waals surface area contributed by atoms with Crippen LogP contribution in [-0.4, -0.2) is 18.8 Å². The van der Waals surface area contributed by atoms with Crippen LogP contribution in [0.2, 0.25) is 10.0 Å². The summed E-state index contributed by atoms with van der Waals surface area (Å²) in [5.74, 6) is 0.0240. The van der Waals surface area contributed by atoms with E-state index in [4.69, 9.17) is 23.2 Å². The van der Waals surface area contributed by atoms with Gasteiger partial charge in [0, 0.05) is 30.9 Å². The van der Waals surface area contributed by atoms with Crippen LogP contribution in [0.1, 0.15) is 0 Å². The Kier molecular flexibility index (Phi) is 4.33. The van der Waals surface area contributed by atoms with E-state index in [0.29, 0.717) is 37.9 Å². The van der Waals surface area contributed by atoms with Gasteiger partial charge in [-0.25, -0.2) is 4.79 Å². The lowest BCUT2D eigenvalue weighted by molar-refractivity contribution is 0.472. The van der Waals surface area contributed by atoms with Crippen LogP contribution < -0.4 is 11.2 Å². The number of nitrogens with zero attached hydrogens (tertiary/aromatic N) is 3. The monoisotopic (exact) mass is 415 g/mol. The van der Waals surface area contributed by atoms with Crippen LogP contribution in [0.25, 0.3) is 27.8 Å². The Balaban J connectivity index is 2.26. The van der Waals surface area contributed by atoms with E-state index in [1.54, 1.807) is 60.3 Å². The first kappa shape index (κ1) is 18.4. The van der Waals surface area contributed by atoms with E-state index in [1.165, 1.54) is 11.6 Å². The molecule has 8 heteroatoms. The zero-order chi connectivity index (χ0) is 20.2. The summed E-state index contributed by atoms with van der Waals surface area (Å²) in [6.45, 7) is 0. The third-order valence-corrected chi connectivity index (χ3v) is 5.31. The van der Waals surface area contributed by atoms with E-state index in [9.17, 15) is 14.7 Å². The first-order chi connectivity index (χ1) is 13.3. The van der Waals surface area contributed by atoms with E-state index in [2.05, 4.69) is 0 Å².